The van der Waals surface area contributed by atoms with Crippen molar-refractivity contribution in [3.05, 3.63) is 35.1 Å². The van der Waals surface area contributed by atoms with Crippen molar-refractivity contribution in [2.75, 3.05) is 18.6 Å². The molecule has 1 unspecified atom stereocenters. The summed E-state index contributed by atoms with van der Waals surface area (Å²) in [5.41, 5.74) is 2.30. The number of likely N-dealkylation sites (N-methyl/N-ethyl adjacent to an activating group) is 1. The fourth-order valence-electron chi connectivity index (χ4n) is 1.95. The Morgan fingerprint density at radius 1 is 1.41 bits per heavy atom. The van der Waals surface area contributed by atoms with E-state index >= 15 is 0 Å². The Balaban J connectivity index is 2.67. The topological polar surface area (TPSA) is 12.0 Å². The molecule has 0 fully saturated rings. The van der Waals surface area contributed by atoms with Crippen LogP contribution in [0.15, 0.2) is 18.2 Å². The molecule has 96 valence electrons. The first-order valence-electron chi connectivity index (χ1n) is 6.14. The Morgan fingerprint density at radius 2 is 2.18 bits per heavy atom. The first kappa shape index (κ1) is 14.5. The summed E-state index contributed by atoms with van der Waals surface area (Å²) >= 11 is 1.86. The first-order chi connectivity index (χ1) is 8.17. The van der Waals surface area contributed by atoms with Gasteiger partial charge in [0.05, 0.1) is 0 Å². The lowest BCUT2D eigenvalue weighted by molar-refractivity contribution is 0.511. The smallest absolute Gasteiger partial charge is 0.123 e. The molecule has 1 rings (SSSR count). The van der Waals surface area contributed by atoms with Crippen LogP contribution in [0.3, 0.4) is 0 Å². The molecule has 17 heavy (non-hydrogen) atoms. The summed E-state index contributed by atoms with van der Waals surface area (Å²) < 4.78 is 13.2. The third kappa shape index (κ3) is 5.09. The van der Waals surface area contributed by atoms with Gasteiger partial charge in [0.1, 0.15) is 5.82 Å². The van der Waals surface area contributed by atoms with E-state index in [0.29, 0.717) is 6.04 Å². The van der Waals surface area contributed by atoms with Crippen molar-refractivity contribution in [1.82, 2.24) is 5.32 Å². The van der Waals surface area contributed by atoms with Crippen LogP contribution in [0.2, 0.25) is 0 Å². The maximum absolute atomic E-state index is 13.2. The Bertz CT molecular complexity index is 341. The quantitative estimate of drug-likeness (QED) is 0.801. The molecule has 0 radical (unpaired) electrons. The largest absolute Gasteiger partial charge is 0.314 e. The predicted molar refractivity (Wildman–Crippen MR) is 75.3 cm³/mol. The zero-order valence-corrected chi connectivity index (χ0v) is 11.7. The van der Waals surface area contributed by atoms with Crippen LogP contribution >= 0.6 is 11.8 Å². The number of hydrogen-bond acceptors (Lipinski definition) is 2. The van der Waals surface area contributed by atoms with Gasteiger partial charge in [0.25, 0.3) is 0 Å². The van der Waals surface area contributed by atoms with Crippen LogP contribution in [0.1, 0.15) is 24.5 Å². The van der Waals surface area contributed by atoms with E-state index in [-0.39, 0.29) is 5.82 Å². The second-order valence-corrected chi connectivity index (χ2v) is 5.30. The highest BCUT2D eigenvalue weighted by Crippen LogP contribution is 2.14. The van der Waals surface area contributed by atoms with Gasteiger partial charge < -0.3 is 5.32 Å². The lowest BCUT2D eigenvalue weighted by Gasteiger charge is -2.18. The summed E-state index contributed by atoms with van der Waals surface area (Å²) in [6.45, 7) is 5.13. The summed E-state index contributed by atoms with van der Waals surface area (Å²) in [5, 5.41) is 3.48. The molecule has 1 aromatic rings. The molecule has 0 aromatic heterocycles. The molecular weight excluding hydrogens is 233 g/mol. The third-order valence-corrected chi connectivity index (χ3v) is 3.58. The second-order valence-electron chi connectivity index (χ2n) is 4.31. The Hall–Kier alpha value is -0.540. The molecule has 0 aliphatic heterocycles. The van der Waals surface area contributed by atoms with Gasteiger partial charge in [-0.15, -0.1) is 0 Å². The number of thioether (sulfide) groups is 1. The minimum atomic E-state index is -0.134. The van der Waals surface area contributed by atoms with E-state index in [1.165, 1.54) is 11.6 Å². The van der Waals surface area contributed by atoms with E-state index in [1.807, 2.05) is 24.8 Å². The molecule has 0 aliphatic carbocycles. The molecule has 0 bridgehead atoms. The molecule has 0 heterocycles. The van der Waals surface area contributed by atoms with Crippen molar-refractivity contribution in [2.45, 2.75) is 32.7 Å². The standard InChI is InChI=1S/C14H22FNS/c1-4-16-14(7-8-17-3)10-12-9-13(15)6-5-11(12)2/h5-6,9,14,16H,4,7-8,10H2,1-3H3. The highest BCUT2D eigenvalue weighted by molar-refractivity contribution is 7.98. The molecule has 0 amide bonds. The lowest BCUT2D eigenvalue weighted by atomic mass is 9.99. The number of rotatable bonds is 7. The van der Waals surface area contributed by atoms with Crippen molar-refractivity contribution in [1.29, 1.82) is 0 Å². The predicted octanol–water partition coefficient (Wildman–Crippen LogP) is 3.41. The Morgan fingerprint density at radius 3 is 2.82 bits per heavy atom. The van der Waals surface area contributed by atoms with E-state index in [9.17, 15) is 4.39 Å². The van der Waals surface area contributed by atoms with E-state index in [0.717, 1.165) is 30.7 Å². The van der Waals surface area contributed by atoms with Crippen LogP contribution in [0.4, 0.5) is 4.39 Å². The van der Waals surface area contributed by atoms with Gasteiger partial charge in [-0.2, -0.15) is 11.8 Å². The fourth-order valence-corrected chi connectivity index (χ4v) is 2.47. The van der Waals surface area contributed by atoms with Gasteiger partial charge in [-0.05, 0) is 61.6 Å². The van der Waals surface area contributed by atoms with Gasteiger partial charge in [-0.25, -0.2) is 4.39 Å². The zero-order chi connectivity index (χ0) is 12.7. The SMILES string of the molecule is CCNC(CCSC)Cc1cc(F)ccc1C. The van der Waals surface area contributed by atoms with Crippen LogP contribution in [0.5, 0.6) is 0 Å². The lowest BCUT2D eigenvalue weighted by Crippen LogP contribution is -2.31. The van der Waals surface area contributed by atoms with Crippen molar-refractivity contribution >= 4 is 11.8 Å². The van der Waals surface area contributed by atoms with E-state index in [1.54, 1.807) is 6.07 Å². The monoisotopic (exact) mass is 255 g/mol. The van der Waals surface area contributed by atoms with E-state index < -0.39 is 0 Å². The average molecular weight is 255 g/mol. The molecule has 0 saturated heterocycles. The minimum absolute atomic E-state index is 0.134. The van der Waals surface area contributed by atoms with Crippen LogP contribution in [-0.2, 0) is 6.42 Å². The third-order valence-electron chi connectivity index (χ3n) is 2.94. The first-order valence-corrected chi connectivity index (χ1v) is 7.54. The second kappa shape index (κ2) is 7.72. The Kier molecular flexibility index (Phi) is 6.60. The Labute approximate surface area is 108 Å². The van der Waals surface area contributed by atoms with Crippen molar-refractivity contribution in [2.24, 2.45) is 0 Å². The fraction of sp³-hybridized carbons (Fsp3) is 0.571. The molecule has 1 atom stereocenters. The summed E-state index contributed by atoms with van der Waals surface area (Å²) in [4.78, 5) is 0. The van der Waals surface area contributed by atoms with Gasteiger partial charge in [-0.1, -0.05) is 13.0 Å². The van der Waals surface area contributed by atoms with Crippen LogP contribution in [0.25, 0.3) is 0 Å². The highest BCUT2D eigenvalue weighted by atomic mass is 32.2. The molecule has 0 aliphatic rings. The molecular formula is C14H22FNS. The van der Waals surface area contributed by atoms with Gasteiger partial charge in [0, 0.05) is 6.04 Å². The van der Waals surface area contributed by atoms with Crippen molar-refractivity contribution < 1.29 is 4.39 Å². The number of nitrogens with one attached hydrogen (secondary N) is 1. The molecule has 0 saturated carbocycles. The molecule has 1 nitrogen and oxygen atoms in total. The number of hydrogen-bond donors (Lipinski definition) is 1. The van der Waals surface area contributed by atoms with E-state index in [2.05, 4.69) is 18.5 Å². The van der Waals surface area contributed by atoms with Gasteiger partial charge in [-0.3, -0.25) is 0 Å². The van der Waals surface area contributed by atoms with Gasteiger partial charge in [0.15, 0.2) is 0 Å². The van der Waals surface area contributed by atoms with Crippen molar-refractivity contribution in [3.63, 3.8) is 0 Å². The van der Waals surface area contributed by atoms with Gasteiger partial charge >= 0.3 is 0 Å². The zero-order valence-electron chi connectivity index (χ0n) is 10.9. The summed E-state index contributed by atoms with van der Waals surface area (Å²) in [6, 6.07) is 5.51. The highest BCUT2D eigenvalue weighted by Gasteiger charge is 2.10. The number of halogens is 1. The van der Waals surface area contributed by atoms with Gasteiger partial charge in [0.2, 0.25) is 0 Å². The van der Waals surface area contributed by atoms with Crippen molar-refractivity contribution in [3.8, 4) is 0 Å². The van der Waals surface area contributed by atoms with Crippen LogP contribution in [0, 0.1) is 12.7 Å². The number of aryl methyl sites for hydroxylation is 1. The summed E-state index contributed by atoms with van der Waals surface area (Å²) in [6.07, 6.45) is 4.17. The minimum Gasteiger partial charge on any atom is -0.314 e. The maximum atomic E-state index is 13.2. The molecule has 1 aromatic carbocycles. The molecule has 1 N–H and O–H groups in total. The normalized spacial score (nSPS) is 12.7. The molecule has 3 heteroatoms. The summed E-state index contributed by atoms with van der Waals surface area (Å²) in [5.74, 6) is 1.01. The number of benzene rings is 1. The van der Waals surface area contributed by atoms with Crippen LogP contribution < -0.4 is 5.32 Å². The maximum Gasteiger partial charge on any atom is 0.123 e. The average Bonchev–Trinajstić information content (AvgIpc) is 2.31. The van der Waals surface area contributed by atoms with Crippen LogP contribution in [-0.4, -0.2) is 24.6 Å². The summed E-state index contributed by atoms with van der Waals surface area (Å²) in [7, 11) is 0. The van der Waals surface area contributed by atoms with E-state index in [4.69, 9.17) is 0 Å². The molecule has 0 spiro atoms.